The maximum absolute atomic E-state index is 11.5. The van der Waals surface area contributed by atoms with E-state index in [9.17, 15) is 4.79 Å². The Bertz CT molecular complexity index is 581. The fraction of sp³-hybridized carbons (Fsp3) is 0.400. The van der Waals surface area contributed by atoms with Crippen LogP contribution >= 0.6 is 0 Å². The first-order chi connectivity index (χ1) is 8.75. The number of aryl methyl sites for hydroxylation is 1. The standard InChI is InChI=1S/C15H18N2O/c1-17-10-12(13-4-2-3-5-14(13)17)8-9-16-15(18)11-6-7-11/h2-5,10-11H,6-9H2,1H3,(H,16,18). The number of hydrogen-bond donors (Lipinski definition) is 1. The van der Waals surface area contributed by atoms with E-state index in [1.165, 1.54) is 16.5 Å². The second kappa shape index (κ2) is 4.48. The summed E-state index contributed by atoms with van der Waals surface area (Å²) in [5.41, 5.74) is 2.56. The van der Waals surface area contributed by atoms with Gasteiger partial charge < -0.3 is 9.88 Å². The summed E-state index contributed by atoms with van der Waals surface area (Å²) in [7, 11) is 2.06. The zero-order valence-corrected chi connectivity index (χ0v) is 10.6. The molecule has 18 heavy (non-hydrogen) atoms. The molecular formula is C15H18N2O. The molecule has 0 radical (unpaired) electrons. The van der Waals surface area contributed by atoms with Crippen molar-refractivity contribution in [2.24, 2.45) is 13.0 Å². The Morgan fingerprint density at radius 2 is 2.17 bits per heavy atom. The number of rotatable bonds is 4. The van der Waals surface area contributed by atoms with Gasteiger partial charge in [0, 0.05) is 36.6 Å². The normalized spacial score (nSPS) is 14.9. The number of nitrogens with one attached hydrogen (secondary N) is 1. The maximum atomic E-state index is 11.5. The SMILES string of the molecule is Cn1cc(CCNC(=O)C2CC2)c2ccccc21. The number of carbonyl (C=O) groups excluding carboxylic acids is 1. The van der Waals surface area contributed by atoms with E-state index in [4.69, 9.17) is 0 Å². The molecule has 0 atom stereocenters. The van der Waals surface area contributed by atoms with Gasteiger partial charge >= 0.3 is 0 Å². The molecule has 94 valence electrons. The minimum atomic E-state index is 0.232. The highest BCUT2D eigenvalue weighted by molar-refractivity contribution is 5.84. The van der Waals surface area contributed by atoms with Gasteiger partial charge in [0.15, 0.2) is 0 Å². The number of benzene rings is 1. The number of amides is 1. The predicted octanol–water partition coefficient (Wildman–Crippen LogP) is 2.25. The highest BCUT2D eigenvalue weighted by atomic mass is 16.2. The lowest BCUT2D eigenvalue weighted by Crippen LogP contribution is -2.26. The molecule has 3 heteroatoms. The molecule has 0 aliphatic heterocycles. The van der Waals surface area contributed by atoms with Gasteiger partial charge in [0.05, 0.1) is 0 Å². The van der Waals surface area contributed by atoms with E-state index in [2.05, 4.69) is 47.4 Å². The van der Waals surface area contributed by atoms with Crippen LogP contribution in [-0.4, -0.2) is 17.0 Å². The molecule has 0 unspecified atom stereocenters. The van der Waals surface area contributed by atoms with E-state index in [-0.39, 0.29) is 5.91 Å². The Balaban J connectivity index is 1.68. The van der Waals surface area contributed by atoms with Crippen molar-refractivity contribution in [3.05, 3.63) is 36.0 Å². The zero-order valence-electron chi connectivity index (χ0n) is 10.6. The third-order valence-corrected chi connectivity index (χ3v) is 3.62. The van der Waals surface area contributed by atoms with Crippen LogP contribution in [0.2, 0.25) is 0 Å². The molecule has 3 rings (SSSR count). The quantitative estimate of drug-likeness (QED) is 0.876. The molecule has 3 nitrogen and oxygen atoms in total. The van der Waals surface area contributed by atoms with Crippen LogP contribution < -0.4 is 5.32 Å². The summed E-state index contributed by atoms with van der Waals surface area (Å²) in [6.45, 7) is 0.739. The van der Waals surface area contributed by atoms with E-state index < -0.39 is 0 Å². The maximum Gasteiger partial charge on any atom is 0.223 e. The van der Waals surface area contributed by atoms with Gasteiger partial charge in [0.25, 0.3) is 0 Å². The summed E-state index contributed by atoms with van der Waals surface area (Å²) in [6.07, 6.45) is 5.20. The molecule has 1 heterocycles. The highest BCUT2D eigenvalue weighted by Crippen LogP contribution is 2.28. The largest absolute Gasteiger partial charge is 0.356 e. The molecule has 0 saturated heterocycles. The molecule has 1 aliphatic rings. The zero-order chi connectivity index (χ0) is 12.5. The number of nitrogens with zero attached hydrogens (tertiary/aromatic N) is 1. The third kappa shape index (κ3) is 2.13. The van der Waals surface area contributed by atoms with Crippen molar-refractivity contribution in [3.63, 3.8) is 0 Å². The van der Waals surface area contributed by atoms with E-state index in [0.29, 0.717) is 5.92 Å². The minimum Gasteiger partial charge on any atom is -0.356 e. The molecule has 0 spiro atoms. The lowest BCUT2D eigenvalue weighted by atomic mass is 10.1. The van der Waals surface area contributed by atoms with Crippen LogP contribution in [-0.2, 0) is 18.3 Å². The van der Waals surface area contributed by atoms with Crippen molar-refractivity contribution >= 4 is 16.8 Å². The molecule has 2 aromatic rings. The number of aromatic nitrogens is 1. The van der Waals surface area contributed by atoms with Crippen molar-refractivity contribution in [2.75, 3.05) is 6.54 Å². The monoisotopic (exact) mass is 242 g/mol. The van der Waals surface area contributed by atoms with E-state index in [1.54, 1.807) is 0 Å². The van der Waals surface area contributed by atoms with Gasteiger partial charge in [-0.15, -0.1) is 0 Å². The molecule has 1 N–H and O–H groups in total. The summed E-state index contributed by atoms with van der Waals surface area (Å²) in [5.74, 6) is 0.535. The van der Waals surface area contributed by atoms with Crippen molar-refractivity contribution in [3.8, 4) is 0 Å². The van der Waals surface area contributed by atoms with Crippen LogP contribution in [0.15, 0.2) is 30.5 Å². The van der Waals surface area contributed by atoms with Crippen molar-refractivity contribution in [1.29, 1.82) is 0 Å². The summed E-state index contributed by atoms with van der Waals surface area (Å²) in [6, 6.07) is 8.39. The van der Waals surface area contributed by atoms with Gasteiger partial charge in [0.1, 0.15) is 0 Å². The molecule has 1 fully saturated rings. The summed E-state index contributed by atoms with van der Waals surface area (Å²) < 4.78 is 2.15. The molecule has 1 amide bonds. The number of hydrogen-bond acceptors (Lipinski definition) is 1. The summed E-state index contributed by atoms with van der Waals surface area (Å²) >= 11 is 0. The first-order valence-electron chi connectivity index (χ1n) is 6.56. The summed E-state index contributed by atoms with van der Waals surface area (Å²) in [5, 5.41) is 4.31. The highest BCUT2D eigenvalue weighted by Gasteiger charge is 2.29. The van der Waals surface area contributed by atoms with Crippen molar-refractivity contribution < 1.29 is 4.79 Å². The van der Waals surface area contributed by atoms with Gasteiger partial charge in [-0.05, 0) is 30.9 Å². The average molecular weight is 242 g/mol. The van der Waals surface area contributed by atoms with Crippen LogP contribution in [0.4, 0.5) is 0 Å². The lowest BCUT2D eigenvalue weighted by Gasteiger charge is -2.03. The minimum absolute atomic E-state index is 0.232. The van der Waals surface area contributed by atoms with Gasteiger partial charge in [-0.25, -0.2) is 0 Å². The summed E-state index contributed by atoms with van der Waals surface area (Å²) in [4.78, 5) is 11.5. The second-order valence-electron chi connectivity index (χ2n) is 5.10. The Kier molecular flexibility index (Phi) is 2.82. The van der Waals surface area contributed by atoms with Gasteiger partial charge in [-0.1, -0.05) is 18.2 Å². The van der Waals surface area contributed by atoms with Crippen LogP contribution in [0.1, 0.15) is 18.4 Å². The Hall–Kier alpha value is -1.77. The molecule has 1 aliphatic carbocycles. The fourth-order valence-corrected chi connectivity index (χ4v) is 2.44. The third-order valence-electron chi connectivity index (χ3n) is 3.62. The second-order valence-corrected chi connectivity index (χ2v) is 5.10. The van der Waals surface area contributed by atoms with Crippen LogP contribution in [0, 0.1) is 5.92 Å². The number of para-hydroxylation sites is 1. The van der Waals surface area contributed by atoms with Crippen LogP contribution in [0.5, 0.6) is 0 Å². The lowest BCUT2D eigenvalue weighted by molar-refractivity contribution is -0.122. The van der Waals surface area contributed by atoms with E-state index in [0.717, 1.165) is 25.8 Å². The van der Waals surface area contributed by atoms with Gasteiger partial charge in [0.2, 0.25) is 5.91 Å². The molecule has 0 bridgehead atoms. The Labute approximate surface area is 107 Å². The van der Waals surface area contributed by atoms with E-state index >= 15 is 0 Å². The number of carbonyl (C=O) groups is 1. The molecule has 1 aromatic carbocycles. The first kappa shape index (κ1) is 11.3. The Morgan fingerprint density at radius 3 is 2.94 bits per heavy atom. The van der Waals surface area contributed by atoms with Crippen molar-refractivity contribution in [2.45, 2.75) is 19.3 Å². The Morgan fingerprint density at radius 1 is 1.39 bits per heavy atom. The average Bonchev–Trinajstić information content (AvgIpc) is 3.17. The van der Waals surface area contributed by atoms with Gasteiger partial charge in [-0.2, -0.15) is 0 Å². The predicted molar refractivity (Wildman–Crippen MR) is 72.4 cm³/mol. The topological polar surface area (TPSA) is 34.0 Å². The molecular weight excluding hydrogens is 224 g/mol. The van der Waals surface area contributed by atoms with Crippen molar-refractivity contribution in [1.82, 2.24) is 9.88 Å². The van der Waals surface area contributed by atoms with Crippen LogP contribution in [0.25, 0.3) is 10.9 Å². The first-order valence-corrected chi connectivity index (χ1v) is 6.56. The fourth-order valence-electron chi connectivity index (χ4n) is 2.44. The number of fused-ring (bicyclic) bond motifs is 1. The van der Waals surface area contributed by atoms with Crippen LogP contribution in [0.3, 0.4) is 0 Å². The van der Waals surface area contributed by atoms with Gasteiger partial charge in [-0.3, -0.25) is 4.79 Å². The van der Waals surface area contributed by atoms with E-state index in [1.807, 2.05) is 0 Å². The smallest absolute Gasteiger partial charge is 0.223 e. The molecule has 1 aromatic heterocycles. The molecule has 1 saturated carbocycles.